The summed E-state index contributed by atoms with van der Waals surface area (Å²) in [5, 5.41) is 0. The lowest BCUT2D eigenvalue weighted by molar-refractivity contribution is -0.0979. The van der Waals surface area contributed by atoms with Crippen LogP contribution in [0.2, 0.25) is 0 Å². The minimum Gasteiger partial charge on any atom is -0.307 e. The molecule has 0 amide bonds. The van der Waals surface area contributed by atoms with Gasteiger partial charge in [-0.2, -0.15) is 0 Å². The van der Waals surface area contributed by atoms with Gasteiger partial charge in [0.1, 0.15) is 6.79 Å². The monoisotopic (exact) mass is 402 g/mol. The number of carbonyl (C=O) groups excluding carboxylic acids is 1. The van der Waals surface area contributed by atoms with Crippen LogP contribution in [0.3, 0.4) is 0 Å². The van der Waals surface area contributed by atoms with Crippen molar-refractivity contribution in [1.82, 2.24) is 0 Å². The summed E-state index contributed by atoms with van der Waals surface area (Å²) in [6.45, 7) is 2.00. The Labute approximate surface area is 177 Å². The molecule has 0 N–H and O–H groups in total. The third-order valence-corrected chi connectivity index (χ3v) is 4.46. The highest BCUT2D eigenvalue weighted by Crippen LogP contribution is 2.22. The highest BCUT2D eigenvalue weighted by molar-refractivity contribution is 7.80. The van der Waals surface area contributed by atoms with Gasteiger partial charge in [0.05, 0.1) is 0 Å². The molecule has 0 aliphatic rings. The molecule has 0 spiro atoms. The second-order valence-electron chi connectivity index (χ2n) is 5.83. The maximum Gasteiger partial charge on any atom is 0.106 e. The molecule has 4 rings (SSSR count). The number of benzene rings is 4. The van der Waals surface area contributed by atoms with Crippen LogP contribution >= 0.6 is 25.3 Å². The fourth-order valence-corrected chi connectivity index (χ4v) is 3.08. The molecule has 140 valence electrons. The van der Waals surface area contributed by atoms with E-state index < -0.39 is 0 Å². The molecule has 0 atom stereocenters. The van der Waals surface area contributed by atoms with Crippen molar-refractivity contribution in [3.8, 4) is 22.3 Å². The number of carbonyl (C=O) groups is 1. The van der Waals surface area contributed by atoms with Crippen LogP contribution in [0.15, 0.2) is 119 Å². The van der Waals surface area contributed by atoms with Gasteiger partial charge in [0.15, 0.2) is 0 Å². The van der Waals surface area contributed by atoms with E-state index in [2.05, 4.69) is 73.8 Å². The summed E-state index contributed by atoms with van der Waals surface area (Å²) in [5.74, 6) is 0. The Bertz CT molecular complexity index is 889. The summed E-state index contributed by atoms with van der Waals surface area (Å²) in [6, 6.07) is 36.9. The first kappa shape index (κ1) is 21.5. The molecular weight excluding hydrogens is 380 g/mol. The molecule has 0 fully saturated rings. The third-order valence-electron chi connectivity index (χ3n) is 3.91. The van der Waals surface area contributed by atoms with E-state index in [0.717, 1.165) is 9.79 Å². The van der Waals surface area contributed by atoms with Crippen molar-refractivity contribution in [2.24, 2.45) is 0 Å². The Morgan fingerprint density at radius 1 is 0.429 bits per heavy atom. The lowest BCUT2D eigenvalue weighted by Gasteiger charge is -2.01. The van der Waals surface area contributed by atoms with Crippen molar-refractivity contribution in [3.05, 3.63) is 109 Å². The van der Waals surface area contributed by atoms with E-state index in [1.165, 1.54) is 22.3 Å². The summed E-state index contributed by atoms with van der Waals surface area (Å²) in [5.41, 5.74) is 4.90. The van der Waals surface area contributed by atoms with Crippen LogP contribution in [-0.4, -0.2) is 6.79 Å². The fraction of sp³-hybridized carbons (Fsp3) is 0. The van der Waals surface area contributed by atoms with E-state index in [1.807, 2.05) is 67.5 Å². The summed E-state index contributed by atoms with van der Waals surface area (Å²) in [4.78, 5) is 10.0. The molecule has 0 unspecified atom stereocenters. The average Bonchev–Trinajstić information content (AvgIpc) is 2.77. The van der Waals surface area contributed by atoms with Gasteiger partial charge < -0.3 is 4.79 Å². The fourth-order valence-electron chi connectivity index (χ4n) is 2.63. The molecule has 4 aromatic carbocycles. The SMILES string of the molecule is C=O.Sc1cccc(-c2ccccc2)c1.Sc1cccc(-c2ccccc2)c1. The van der Waals surface area contributed by atoms with Gasteiger partial charge in [-0.25, -0.2) is 0 Å². The molecule has 0 radical (unpaired) electrons. The van der Waals surface area contributed by atoms with Crippen molar-refractivity contribution in [2.45, 2.75) is 9.79 Å². The standard InChI is InChI=1S/2C12H10S.CH2O/c2*13-12-8-4-7-11(9-12)10-5-2-1-3-6-10;1-2/h2*1-9,13H;1H2. The molecule has 0 bridgehead atoms. The van der Waals surface area contributed by atoms with Crippen LogP contribution in [0.4, 0.5) is 0 Å². The Morgan fingerprint density at radius 2 is 0.750 bits per heavy atom. The summed E-state index contributed by atoms with van der Waals surface area (Å²) < 4.78 is 0. The van der Waals surface area contributed by atoms with E-state index in [1.54, 1.807) is 0 Å². The summed E-state index contributed by atoms with van der Waals surface area (Å²) in [7, 11) is 0. The van der Waals surface area contributed by atoms with Crippen molar-refractivity contribution >= 4 is 32.0 Å². The second-order valence-corrected chi connectivity index (χ2v) is 6.87. The predicted octanol–water partition coefficient (Wildman–Crippen LogP) is 7.10. The van der Waals surface area contributed by atoms with Gasteiger partial charge in [-0.3, -0.25) is 0 Å². The maximum atomic E-state index is 8.00. The Hall–Kier alpha value is -2.75. The number of hydrogen-bond acceptors (Lipinski definition) is 3. The molecule has 4 aromatic rings. The van der Waals surface area contributed by atoms with Gasteiger partial charge in [-0.1, -0.05) is 84.9 Å². The van der Waals surface area contributed by atoms with Crippen LogP contribution in [0.5, 0.6) is 0 Å². The lowest BCUT2D eigenvalue weighted by Crippen LogP contribution is -1.75. The molecule has 0 saturated carbocycles. The van der Waals surface area contributed by atoms with E-state index in [4.69, 9.17) is 4.79 Å². The smallest absolute Gasteiger partial charge is 0.106 e. The predicted molar refractivity (Wildman–Crippen MR) is 125 cm³/mol. The molecule has 0 heterocycles. The average molecular weight is 403 g/mol. The summed E-state index contributed by atoms with van der Waals surface area (Å²) in [6.07, 6.45) is 0. The number of hydrogen-bond donors (Lipinski definition) is 2. The minimum absolute atomic E-state index is 1.00. The van der Waals surface area contributed by atoms with E-state index in [9.17, 15) is 0 Å². The Kier molecular flexibility index (Phi) is 9.13. The minimum atomic E-state index is 1.00. The number of thiol groups is 2. The molecule has 0 aliphatic carbocycles. The zero-order chi connectivity index (χ0) is 20.2. The molecule has 28 heavy (non-hydrogen) atoms. The van der Waals surface area contributed by atoms with Crippen LogP contribution in [0, 0.1) is 0 Å². The topological polar surface area (TPSA) is 17.1 Å². The largest absolute Gasteiger partial charge is 0.307 e. The van der Waals surface area contributed by atoms with Crippen molar-refractivity contribution in [3.63, 3.8) is 0 Å². The van der Waals surface area contributed by atoms with Crippen LogP contribution in [0.1, 0.15) is 0 Å². The first-order valence-corrected chi connectivity index (χ1v) is 9.59. The van der Waals surface area contributed by atoms with Gasteiger partial charge in [-0.15, -0.1) is 25.3 Å². The zero-order valence-electron chi connectivity index (χ0n) is 15.4. The first-order chi connectivity index (χ1) is 13.7. The maximum absolute atomic E-state index is 8.00. The molecule has 0 aliphatic heterocycles. The molecular formula is C25H22OS2. The molecule has 0 saturated heterocycles. The highest BCUT2D eigenvalue weighted by atomic mass is 32.1. The van der Waals surface area contributed by atoms with E-state index in [-0.39, 0.29) is 0 Å². The van der Waals surface area contributed by atoms with Crippen LogP contribution in [0.25, 0.3) is 22.3 Å². The third kappa shape index (κ3) is 6.76. The second kappa shape index (κ2) is 11.9. The van der Waals surface area contributed by atoms with Crippen LogP contribution < -0.4 is 0 Å². The van der Waals surface area contributed by atoms with Crippen molar-refractivity contribution in [2.75, 3.05) is 0 Å². The van der Waals surface area contributed by atoms with Gasteiger partial charge >= 0.3 is 0 Å². The normalized spacial score (nSPS) is 9.36. The van der Waals surface area contributed by atoms with E-state index in [0.29, 0.717) is 0 Å². The molecule has 1 nitrogen and oxygen atoms in total. The lowest BCUT2D eigenvalue weighted by atomic mass is 10.1. The van der Waals surface area contributed by atoms with Crippen molar-refractivity contribution in [1.29, 1.82) is 0 Å². The van der Waals surface area contributed by atoms with Gasteiger partial charge in [0, 0.05) is 9.79 Å². The quantitative estimate of drug-likeness (QED) is 0.342. The molecule has 0 aromatic heterocycles. The van der Waals surface area contributed by atoms with Gasteiger partial charge in [-0.05, 0) is 46.5 Å². The van der Waals surface area contributed by atoms with Gasteiger partial charge in [0.2, 0.25) is 0 Å². The highest BCUT2D eigenvalue weighted by Gasteiger charge is 1.96. The zero-order valence-corrected chi connectivity index (χ0v) is 17.2. The Morgan fingerprint density at radius 3 is 1.07 bits per heavy atom. The first-order valence-electron chi connectivity index (χ1n) is 8.70. The van der Waals surface area contributed by atoms with Crippen LogP contribution in [-0.2, 0) is 4.79 Å². The molecule has 3 heteroatoms. The summed E-state index contributed by atoms with van der Waals surface area (Å²) >= 11 is 8.61. The van der Waals surface area contributed by atoms with E-state index >= 15 is 0 Å². The Balaban J connectivity index is 0.000000184. The van der Waals surface area contributed by atoms with Gasteiger partial charge in [0.25, 0.3) is 0 Å². The number of rotatable bonds is 2. The van der Waals surface area contributed by atoms with Crippen molar-refractivity contribution < 1.29 is 4.79 Å².